The highest BCUT2D eigenvalue weighted by molar-refractivity contribution is 5.71. The van der Waals surface area contributed by atoms with Crippen LogP contribution in [0.4, 0.5) is 17.3 Å². The smallest absolute Gasteiger partial charge is 0.353 e. The zero-order valence-electron chi connectivity index (χ0n) is 11.3. The molecule has 19 heavy (non-hydrogen) atoms. The third-order valence-corrected chi connectivity index (χ3v) is 2.88. The van der Waals surface area contributed by atoms with Crippen molar-refractivity contribution in [3.05, 3.63) is 15.9 Å². The molecule has 2 heterocycles. The molecule has 0 atom stereocenters. The molecule has 1 saturated heterocycles. The normalized spacial score (nSPS) is 15.4. The van der Waals surface area contributed by atoms with Gasteiger partial charge in [0.25, 0.3) is 0 Å². The molecule has 1 aliphatic heterocycles. The summed E-state index contributed by atoms with van der Waals surface area (Å²) in [7, 11) is 3.47. The molecule has 0 aromatic carbocycles. The number of nitrogens with zero attached hydrogens (tertiary/aromatic N) is 5. The van der Waals surface area contributed by atoms with Crippen molar-refractivity contribution < 1.29 is 9.66 Å². The number of aryl methyl sites for hydroxylation is 1. The summed E-state index contributed by atoms with van der Waals surface area (Å²) in [6, 6.07) is 0. The fraction of sp³-hybridized carbons (Fsp3) is 0.636. The molecule has 2 rings (SSSR count). The van der Waals surface area contributed by atoms with E-state index in [9.17, 15) is 10.1 Å². The van der Waals surface area contributed by atoms with E-state index in [0.717, 1.165) is 0 Å². The van der Waals surface area contributed by atoms with Crippen LogP contribution in [0.3, 0.4) is 0 Å². The van der Waals surface area contributed by atoms with E-state index in [1.807, 2.05) is 4.90 Å². The topological polar surface area (TPSA) is 84.6 Å². The molecule has 0 amide bonds. The van der Waals surface area contributed by atoms with Gasteiger partial charge in [0.2, 0.25) is 11.6 Å². The first-order valence-electron chi connectivity index (χ1n) is 6.03. The molecule has 0 aliphatic carbocycles. The summed E-state index contributed by atoms with van der Waals surface area (Å²) < 4.78 is 5.26. The number of hydrogen-bond donors (Lipinski definition) is 0. The number of morpholine rings is 1. The molecule has 0 unspecified atom stereocenters. The Bertz CT molecular complexity index is 485. The van der Waals surface area contributed by atoms with E-state index in [1.54, 1.807) is 25.9 Å². The number of rotatable bonds is 3. The predicted molar refractivity (Wildman–Crippen MR) is 70.8 cm³/mol. The lowest BCUT2D eigenvalue weighted by molar-refractivity contribution is -0.383. The molecule has 0 bridgehead atoms. The van der Waals surface area contributed by atoms with Crippen LogP contribution in [0.15, 0.2) is 0 Å². The average molecular weight is 267 g/mol. The van der Waals surface area contributed by atoms with Crippen LogP contribution in [-0.4, -0.2) is 55.3 Å². The molecule has 1 aromatic rings. The Kier molecular flexibility index (Phi) is 3.79. The monoisotopic (exact) mass is 267 g/mol. The van der Waals surface area contributed by atoms with E-state index in [2.05, 4.69) is 9.97 Å². The van der Waals surface area contributed by atoms with E-state index < -0.39 is 4.92 Å². The van der Waals surface area contributed by atoms with Crippen molar-refractivity contribution >= 4 is 17.3 Å². The van der Waals surface area contributed by atoms with Gasteiger partial charge in [0.1, 0.15) is 5.82 Å². The molecule has 0 radical (unpaired) electrons. The Morgan fingerprint density at radius 3 is 2.47 bits per heavy atom. The summed E-state index contributed by atoms with van der Waals surface area (Å²) in [6.45, 7) is 4.05. The summed E-state index contributed by atoms with van der Waals surface area (Å²) in [5.74, 6) is 1.24. The molecule has 0 N–H and O–H groups in total. The number of ether oxygens (including phenoxy) is 1. The zero-order chi connectivity index (χ0) is 14.0. The summed E-state index contributed by atoms with van der Waals surface area (Å²) >= 11 is 0. The Labute approximate surface area is 111 Å². The standard InChI is InChI=1S/C11H17N5O3/c1-8-12-10(14(2)3)9(16(17)18)11(13-8)15-4-6-19-7-5-15/h4-7H2,1-3H3. The molecule has 8 heteroatoms. The lowest BCUT2D eigenvalue weighted by atomic mass is 10.3. The van der Waals surface area contributed by atoms with Crippen LogP contribution in [0, 0.1) is 17.0 Å². The Morgan fingerprint density at radius 1 is 1.32 bits per heavy atom. The van der Waals surface area contributed by atoms with Crippen molar-refractivity contribution in [3.8, 4) is 0 Å². The minimum atomic E-state index is -0.417. The van der Waals surface area contributed by atoms with E-state index in [1.165, 1.54) is 0 Å². The first-order chi connectivity index (χ1) is 9.00. The van der Waals surface area contributed by atoms with Gasteiger partial charge in [0.05, 0.1) is 18.1 Å². The van der Waals surface area contributed by atoms with Crippen molar-refractivity contribution in [2.45, 2.75) is 6.92 Å². The molecule has 104 valence electrons. The summed E-state index contributed by atoms with van der Waals surface area (Å²) in [5.41, 5.74) is -0.0440. The van der Waals surface area contributed by atoms with Crippen LogP contribution < -0.4 is 9.80 Å². The van der Waals surface area contributed by atoms with Crippen LogP contribution >= 0.6 is 0 Å². The Morgan fingerprint density at radius 2 is 1.95 bits per heavy atom. The maximum absolute atomic E-state index is 11.3. The number of hydrogen-bond acceptors (Lipinski definition) is 7. The number of aromatic nitrogens is 2. The van der Waals surface area contributed by atoms with Gasteiger partial charge in [-0.2, -0.15) is 0 Å². The van der Waals surface area contributed by atoms with E-state index in [0.29, 0.717) is 43.8 Å². The van der Waals surface area contributed by atoms with Gasteiger partial charge in [0.15, 0.2) is 0 Å². The molecule has 0 saturated carbocycles. The average Bonchev–Trinajstić information content (AvgIpc) is 2.38. The van der Waals surface area contributed by atoms with Gasteiger partial charge in [0, 0.05) is 27.2 Å². The SMILES string of the molecule is Cc1nc(N(C)C)c([N+](=O)[O-])c(N2CCOCC2)n1. The summed E-state index contributed by atoms with van der Waals surface area (Å²) in [5, 5.41) is 11.3. The van der Waals surface area contributed by atoms with Gasteiger partial charge in [-0.3, -0.25) is 10.1 Å². The predicted octanol–water partition coefficient (Wildman–Crippen LogP) is 0.596. The molecule has 1 aliphatic rings. The second kappa shape index (κ2) is 5.35. The van der Waals surface area contributed by atoms with Crippen molar-refractivity contribution in [1.29, 1.82) is 0 Å². The van der Waals surface area contributed by atoms with Gasteiger partial charge in [-0.15, -0.1) is 0 Å². The fourth-order valence-corrected chi connectivity index (χ4v) is 2.01. The van der Waals surface area contributed by atoms with Crippen molar-refractivity contribution in [2.75, 3.05) is 50.2 Å². The second-order valence-corrected chi connectivity index (χ2v) is 4.52. The van der Waals surface area contributed by atoms with Crippen LogP contribution in [0.5, 0.6) is 0 Å². The van der Waals surface area contributed by atoms with Gasteiger partial charge in [-0.05, 0) is 6.92 Å². The third-order valence-electron chi connectivity index (χ3n) is 2.88. The van der Waals surface area contributed by atoms with Gasteiger partial charge in [-0.1, -0.05) is 0 Å². The third kappa shape index (κ3) is 2.73. The Balaban J connectivity index is 2.53. The van der Waals surface area contributed by atoms with Gasteiger partial charge < -0.3 is 14.5 Å². The first-order valence-corrected chi connectivity index (χ1v) is 6.03. The van der Waals surface area contributed by atoms with Gasteiger partial charge >= 0.3 is 5.69 Å². The number of nitro groups is 1. The minimum absolute atomic E-state index is 0.0440. The Hall–Kier alpha value is -1.96. The molecule has 8 nitrogen and oxygen atoms in total. The number of anilines is 2. The van der Waals surface area contributed by atoms with Crippen LogP contribution in [0.1, 0.15) is 5.82 Å². The summed E-state index contributed by atoms with van der Waals surface area (Å²) in [6.07, 6.45) is 0. The minimum Gasteiger partial charge on any atom is -0.378 e. The largest absolute Gasteiger partial charge is 0.378 e. The van der Waals surface area contributed by atoms with Gasteiger partial charge in [-0.25, -0.2) is 9.97 Å². The van der Waals surface area contributed by atoms with Crippen LogP contribution in [0.2, 0.25) is 0 Å². The maximum atomic E-state index is 11.3. The van der Waals surface area contributed by atoms with Crippen LogP contribution in [0.25, 0.3) is 0 Å². The highest BCUT2D eigenvalue weighted by Gasteiger charge is 2.29. The molecule has 1 fully saturated rings. The second-order valence-electron chi connectivity index (χ2n) is 4.52. The fourth-order valence-electron chi connectivity index (χ4n) is 2.01. The maximum Gasteiger partial charge on any atom is 0.353 e. The molecular formula is C11H17N5O3. The zero-order valence-corrected chi connectivity index (χ0v) is 11.3. The van der Waals surface area contributed by atoms with Crippen molar-refractivity contribution in [1.82, 2.24) is 9.97 Å². The summed E-state index contributed by atoms with van der Waals surface area (Å²) in [4.78, 5) is 22.9. The van der Waals surface area contributed by atoms with E-state index >= 15 is 0 Å². The highest BCUT2D eigenvalue weighted by atomic mass is 16.6. The lowest BCUT2D eigenvalue weighted by Gasteiger charge is -2.28. The molecule has 0 spiro atoms. The quantitative estimate of drug-likeness (QED) is 0.585. The lowest BCUT2D eigenvalue weighted by Crippen LogP contribution is -2.37. The molecular weight excluding hydrogens is 250 g/mol. The first kappa shape index (κ1) is 13.5. The van der Waals surface area contributed by atoms with Crippen LogP contribution in [-0.2, 0) is 4.74 Å². The van der Waals surface area contributed by atoms with E-state index in [4.69, 9.17) is 4.74 Å². The molecule has 1 aromatic heterocycles. The van der Waals surface area contributed by atoms with Crippen molar-refractivity contribution in [2.24, 2.45) is 0 Å². The highest BCUT2D eigenvalue weighted by Crippen LogP contribution is 2.34. The van der Waals surface area contributed by atoms with E-state index in [-0.39, 0.29) is 5.69 Å². The van der Waals surface area contributed by atoms with Crippen molar-refractivity contribution in [3.63, 3.8) is 0 Å².